The first-order valence-electron chi connectivity index (χ1n) is 22.9. The van der Waals surface area contributed by atoms with Gasteiger partial charge in [-0.3, -0.25) is 9.36 Å². The van der Waals surface area contributed by atoms with Crippen LogP contribution in [0, 0.1) is 12.8 Å². The van der Waals surface area contributed by atoms with E-state index in [1.807, 2.05) is 37.3 Å². The zero-order valence-corrected chi connectivity index (χ0v) is 41.3. The average molecular weight is 891 g/mol. The molecular formula is C59H68ClNO4. The van der Waals surface area contributed by atoms with Gasteiger partial charge in [-0.2, -0.15) is 0 Å². The number of rotatable bonds is 10. The van der Waals surface area contributed by atoms with Crippen molar-refractivity contribution in [3.63, 3.8) is 0 Å². The molecule has 0 aliphatic carbocycles. The lowest BCUT2D eigenvalue weighted by Gasteiger charge is -2.08. The van der Waals surface area contributed by atoms with Crippen LogP contribution in [0.15, 0.2) is 140 Å². The first-order valence-corrected chi connectivity index (χ1v) is 23.3. The van der Waals surface area contributed by atoms with E-state index in [0.29, 0.717) is 22.4 Å². The second kappa shape index (κ2) is 23.8. The summed E-state index contributed by atoms with van der Waals surface area (Å²) in [6, 6.07) is 47.3. The van der Waals surface area contributed by atoms with Gasteiger partial charge in [0.25, 0.3) is 5.91 Å². The summed E-state index contributed by atoms with van der Waals surface area (Å²) in [5, 5.41) is 6.72. The standard InChI is InChI=1S/C19H18ClNO2.C14H16O.C13H14O.C13H20/c1-4-16-12(2)21(18-10-9-15(23-3)11-17(16)18)19(22)13-5-7-14(20)8-6-13;1-10(2)11-4-5-13-9-14(15-3)7-6-12(13)8-11;1-3-10-4-5-12-9-13(14-2)7-6-11(12)8-10;1-10(2)9-12-5-7-13(8-6-12)11(3)4/h5-11H,4H2,1-3H3;4-10H,1-3H3;4-9H,3H2,1-2H3;5-8,10-11H,9H2,1-4H3. The molecule has 0 radical (unpaired) electrons. The van der Waals surface area contributed by atoms with Crippen LogP contribution >= 0.6 is 11.6 Å². The molecule has 0 aliphatic rings. The number of ether oxygens (including phenoxy) is 3. The van der Waals surface area contributed by atoms with Crippen molar-refractivity contribution >= 4 is 50.0 Å². The number of methoxy groups -OCH3 is 3. The molecule has 1 aromatic heterocycles. The molecule has 0 aliphatic heterocycles. The largest absolute Gasteiger partial charge is 0.497 e. The van der Waals surface area contributed by atoms with Crippen LogP contribution in [0.25, 0.3) is 32.4 Å². The maximum Gasteiger partial charge on any atom is 0.262 e. The first-order chi connectivity index (χ1) is 31.2. The minimum Gasteiger partial charge on any atom is -0.497 e. The number of aryl methyl sites for hydroxylation is 2. The fraction of sp³-hybridized carbons (Fsp3) is 0.305. The molecule has 0 saturated heterocycles. The van der Waals surface area contributed by atoms with Crippen LogP contribution in [0.4, 0.5) is 0 Å². The van der Waals surface area contributed by atoms with Crippen LogP contribution < -0.4 is 14.2 Å². The Morgan fingerprint density at radius 3 is 1.54 bits per heavy atom. The van der Waals surface area contributed by atoms with E-state index in [1.54, 1.807) is 50.2 Å². The second-order valence-electron chi connectivity index (χ2n) is 17.5. The van der Waals surface area contributed by atoms with Gasteiger partial charge in [0.15, 0.2) is 0 Å². The summed E-state index contributed by atoms with van der Waals surface area (Å²) in [7, 11) is 5.04. The molecule has 65 heavy (non-hydrogen) atoms. The molecule has 1 heterocycles. The number of aromatic nitrogens is 1. The lowest BCUT2D eigenvalue weighted by atomic mass is 9.98. The van der Waals surface area contributed by atoms with Crippen LogP contribution in [0.5, 0.6) is 17.2 Å². The molecule has 0 atom stereocenters. The van der Waals surface area contributed by atoms with E-state index in [0.717, 1.165) is 52.6 Å². The third kappa shape index (κ3) is 13.3. The predicted octanol–water partition coefficient (Wildman–Crippen LogP) is 16.3. The molecule has 8 aromatic rings. The van der Waals surface area contributed by atoms with Crippen molar-refractivity contribution in [2.45, 2.75) is 93.4 Å². The Balaban J connectivity index is 0.000000168. The van der Waals surface area contributed by atoms with Crippen molar-refractivity contribution in [1.82, 2.24) is 4.57 Å². The highest BCUT2D eigenvalue weighted by molar-refractivity contribution is 6.30. The van der Waals surface area contributed by atoms with E-state index < -0.39 is 0 Å². The Bertz CT molecular complexity index is 2740. The van der Waals surface area contributed by atoms with E-state index in [-0.39, 0.29) is 5.91 Å². The smallest absolute Gasteiger partial charge is 0.262 e. The van der Waals surface area contributed by atoms with Gasteiger partial charge >= 0.3 is 0 Å². The molecule has 0 unspecified atom stereocenters. The highest BCUT2D eigenvalue weighted by atomic mass is 35.5. The van der Waals surface area contributed by atoms with Crippen molar-refractivity contribution < 1.29 is 19.0 Å². The maximum absolute atomic E-state index is 13.0. The molecule has 0 N–H and O–H groups in total. The van der Waals surface area contributed by atoms with Crippen molar-refractivity contribution in [1.29, 1.82) is 0 Å². The zero-order valence-electron chi connectivity index (χ0n) is 40.6. The molecule has 0 amide bonds. The van der Waals surface area contributed by atoms with Gasteiger partial charge in [0.1, 0.15) is 17.2 Å². The first kappa shape index (κ1) is 50.0. The third-order valence-electron chi connectivity index (χ3n) is 11.7. The fourth-order valence-electron chi connectivity index (χ4n) is 7.88. The number of hydrogen-bond donors (Lipinski definition) is 0. The number of carbonyl (C=O) groups is 1. The number of halogens is 1. The molecule has 340 valence electrons. The van der Waals surface area contributed by atoms with Crippen molar-refractivity contribution in [2.24, 2.45) is 5.92 Å². The quantitative estimate of drug-likeness (QED) is 0.137. The lowest BCUT2D eigenvalue weighted by Crippen LogP contribution is -2.13. The molecule has 0 bridgehead atoms. The van der Waals surface area contributed by atoms with Gasteiger partial charge in [-0.05, 0) is 160 Å². The van der Waals surface area contributed by atoms with E-state index in [1.165, 1.54) is 55.8 Å². The van der Waals surface area contributed by atoms with E-state index in [9.17, 15) is 4.79 Å². The number of fused-ring (bicyclic) bond motifs is 3. The van der Waals surface area contributed by atoms with Gasteiger partial charge in [0.05, 0.1) is 26.8 Å². The van der Waals surface area contributed by atoms with Crippen molar-refractivity contribution in [3.05, 3.63) is 184 Å². The Morgan fingerprint density at radius 2 is 1.02 bits per heavy atom. The summed E-state index contributed by atoms with van der Waals surface area (Å²) in [4.78, 5) is 13.0. The molecule has 0 saturated carbocycles. The third-order valence-corrected chi connectivity index (χ3v) is 12.0. The molecular weight excluding hydrogens is 822 g/mol. The zero-order chi connectivity index (χ0) is 47.2. The second-order valence-corrected chi connectivity index (χ2v) is 17.9. The number of nitrogens with zero attached hydrogens (tertiary/aromatic N) is 1. The van der Waals surface area contributed by atoms with Gasteiger partial charge in [-0.25, -0.2) is 0 Å². The summed E-state index contributed by atoms with van der Waals surface area (Å²) in [5.74, 6) is 4.56. The lowest BCUT2D eigenvalue weighted by molar-refractivity contribution is 0.0963. The minimum atomic E-state index is -0.0472. The Kier molecular flexibility index (Phi) is 18.3. The van der Waals surface area contributed by atoms with Crippen LogP contribution in [0.2, 0.25) is 5.02 Å². The van der Waals surface area contributed by atoms with E-state index >= 15 is 0 Å². The predicted molar refractivity (Wildman–Crippen MR) is 277 cm³/mol. The summed E-state index contributed by atoms with van der Waals surface area (Å²) < 4.78 is 17.5. The van der Waals surface area contributed by atoms with Crippen molar-refractivity contribution in [2.75, 3.05) is 21.3 Å². The molecule has 6 heteroatoms. The fourth-order valence-corrected chi connectivity index (χ4v) is 8.00. The highest BCUT2D eigenvalue weighted by Gasteiger charge is 2.19. The van der Waals surface area contributed by atoms with Crippen LogP contribution in [0.3, 0.4) is 0 Å². The highest BCUT2D eigenvalue weighted by Crippen LogP contribution is 2.31. The average Bonchev–Trinajstić information content (AvgIpc) is 3.60. The summed E-state index contributed by atoms with van der Waals surface area (Å²) >= 11 is 5.92. The Morgan fingerprint density at radius 1 is 0.538 bits per heavy atom. The topological polar surface area (TPSA) is 49.7 Å². The molecule has 7 aromatic carbocycles. The molecule has 5 nitrogen and oxygen atoms in total. The number of benzene rings is 7. The van der Waals surface area contributed by atoms with Gasteiger partial charge in [0.2, 0.25) is 0 Å². The summed E-state index contributed by atoms with van der Waals surface area (Å²) in [6.45, 7) is 19.7. The minimum absolute atomic E-state index is 0.0472. The SMILES string of the molecule is CC(C)Cc1ccc(C(C)C)cc1.CCc1c(C)n(C(=O)c2ccc(Cl)cc2)c2ccc(OC)cc12.CCc1ccc2cc(OC)ccc2c1.COc1ccc2cc(C(C)C)ccc2c1. The monoisotopic (exact) mass is 889 g/mol. The van der Waals surface area contributed by atoms with E-state index in [2.05, 4.69) is 140 Å². The van der Waals surface area contributed by atoms with E-state index in [4.69, 9.17) is 25.8 Å². The van der Waals surface area contributed by atoms with Gasteiger partial charge < -0.3 is 14.2 Å². The van der Waals surface area contributed by atoms with Crippen LogP contribution in [-0.4, -0.2) is 31.8 Å². The van der Waals surface area contributed by atoms with Gasteiger partial charge in [0, 0.05) is 21.7 Å². The summed E-state index contributed by atoms with van der Waals surface area (Å²) in [5.41, 5.74) is 9.31. The van der Waals surface area contributed by atoms with Crippen molar-refractivity contribution in [3.8, 4) is 17.2 Å². The van der Waals surface area contributed by atoms with Gasteiger partial charge in [-0.1, -0.05) is 140 Å². The normalized spacial score (nSPS) is 10.9. The Labute approximate surface area is 393 Å². The maximum atomic E-state index is 13.0. The van der Waals surface area contributed by atoms with Crippen LogP contribution in [0.1, 0.15) is 111 Å². The Hall–Kier alpha value is -6.04. The molecule has 0 spiro atoms. The van der Waals surface area contributed by atoms with Gasteiger partial charge in [-0.15, -0.1) is 0 Å². The van der Waals surface area contributed by atoms with Crippen LogP contribution in [-0.2, 0) is 19.3 Å². The summed E-state index contributed by atoms with van der Waals surface area (Å²) in [6.07, 6.45) is 3.14. The molecule has 8 rings (SSSR count). The molecule has 0 fully saturated rings. The number of carbonyl (C=O) groups excluding carboxylic acids is 1. The number of hydrogen-bond acceptors (Lipinski definition) is 4.